The molecular weight excluding hydrogens is 394 g/mol. The molecule has 0 radical (unpaired) electrons. The van der Waals surface area contributed by atoms with E-state index in [-0.39, 0.29) is 31.8 Å². The first-order valence-corrected chi connectivity index (χ1v) is 8.64. The van der Waals surface area contributed by atoms with Gasteiger partial charge in [-0.2, -0.15) is 0 Å². The number of rotatable bonds is 2. The van der Waals surface area contributed by atoms with E-state index in [1.54, 1.807) is 18.1 Å². The Kier molecular flexibility index (Phi) is 5.11. The number of aryl methyl sites for hydroxylation is 1. The average molecular weight is 406 g/mol. The minimum atomic E-state index is -0.369. The van der Waals surface area contributed by atoms with Crippen LogP contribution < -0.4 is 9.64 Å². The summed E-state index contributed by atoms with van der Waals surface area (Å²) in [6.45, 7) is 0.550. The second-order valence-corrected chi connectivity index (χ2v) is 6.74. The van der Waals surface area contributed by atoms with Crippen LogP contribution in [0.25, 0.3) is 0 Å². The topological polar surface area (TPSA) is 42.4 Å². The van der Waals surface area contributed by atoms with E-state index in [0.717, 1.165) is 29.8 Å². The summed E-state index contributed by atoms with van der Waals surface area (Å²) in [5.41, 5.74) is 1.81. The highest BCUT2D eigenvalue weighted by molar-refractivity contribution is 6.52. The summed E-state index contributed by atoms with van der Waals surface area (Å²) < 4.78 is 5.24. The number of hydrogen-bond donors (Lipinski definition) is 0. The molecule has 24 heavy (non-hydrogen) atoms. The highest BCUT2D eigenvalue weighted by Gasteiger charge is 2.28. The summed E-state index contributed by atoms with van der Waals surface area (Å²) in [7, 11) is 1.61. The summed E-state index contributed by atoms with van der Waals surface area (Å²) >= 11 is 24.0. The fraction of sp³-hybridized carbons (Fsp3) is 0.250. The van der Waals surface area contributed by atoms with Crippen LogP contribution in [0.1, 0.15) is 22.5 Å². The first-order valence-electron chi connectivity index (χ1n) is 7.12. The van der Waals surface area contributed by atoms with Gasteiger partial charge in [0.1, 0.15) is 10.9 Å². The maximum Gasteiger partial charge on any atom is 0.278 e. The molecule has 0 N–H and O–H groups in total. The van der Waals surface area contributed by atoms with Gasteiger partial charge >= 0.3 is 0 Å². The summed E-state index contributed by atoms with van der Waals surface area (Å²) in [5, 5.41) is -0.00427. The van der Waals surface area contributed by atoms with Crippen LogP contribution in [0.15, 0.2) is 18.2 Å². The second kappa shape index (κ2) is 6.96. The van der Waals surface area contributed by atoms with Crippen molar-refractivity contribution in [1.82, 2.24) is 4.98 Å². The van der Waals surface area contributed by atoms with Crippen LogP contribution in [-0.4, -0.2) is 24.5 Å². The van der Waals surface area contributed by atoms with Gasteiger partial charge in [0.25, 0.3) is 5.91 Å². The molecule has 0 bridgehead atoms. The normalized spacial score (nSPS) is 13.6. The standard InChI is InChI=1S/C16H12Cl4N2O2/c1-24-9-4-5-10-8(7-9)3-2-6-22(10)16(23)14-12(18)11(17)13(19)15(20)21-14/h4-5,7H,2-3,6H2,1H3. The number of fused-ring (bicyclic) bond motifs is 1. The van der Waals surface area contributed by atoms with Crippen LogP contribution >= 0.6 is 46.4 Å². The van der Waals surface area contributed by atoms with Crippen molar-refractivity contribution in [3.8, 4) is 5.75 Å². The van der Waals surface area contributed by atoms with E-state index in [4.69, 9.17) is 51.1 Å². The molecule has 0 atom stereocenters. The van der Waals surface area contributed by atoms with Crippen molar-refractivity contribution in [2.75, 3.05) is 18.6 Å². The number of pyridine rings is 1. The molecule has 0 fully saturated rings. The maximum atomic E-state index is 12.9. The Morgan fingerprint density at radius 2 is 1.92 bits per heavy atom. The highest BCUT2D eigenvalue weighted by Crippen LogP contribution is 2.38. The molecule has 8 heteroatoms. The minimum Gasteiger partial charge on any atom is -0.497 e. The lowest BCUT2D eigenvalue weighted by atomic mass is 10.0. The first-order chi connectivity index (χ1) is 11.4. The van der Waals surface area contributed by atoms with Gasteiger partial charge in [-0.3, -0.25) is 4.79 Å². The number of carbonyl (C=O) groups excluding carboxylic acids is 1. The third-order valence-corrected chi connectivity index (χ3v) is 5.52. The number of nitrogens with zero attached hydrogens (tertiary/aromatic N) is 2. The van der Waals surface area contributed by atoms with Crippen LogP contribution in [0.3, 0.4) is 0 Å². The molecule has 0 spiro atoms. The predicted molar refractivity (Wildman–Crippen MR) is 97.3 cm³/mol. The van der Waals surface area contributed by atoms with E-state index in [2.05, 4.69) is 4.98 Å². The van der Waals surface area contributed by atoms with Crippen LogP contribution in [0.5, 0.6) is 5.75 Å². The molecule has 1 aromatic carbocycles. The molecule has 1 amide bonds. The van der Waals surface area contributed by atoms with E-state index in [0.29, 0.717) is 6.54 Å². The van der Waals surface area contributed by atoms with Crippen LogP contribution in [-0.2, 0) is 6.42 Å². The van der Waals surface area contributed by atoms with Crippen molar-refractivity contribution in [2.24, 2.45) is 0 Å². The molecule has 1 aromatic heterocycles. The fourth-order valence-electron chi connectivity index (χ4n) is 2.67. The Morgan fingerprint density at radius 3 is 2.62 bits per heavy atom. The molecule has 0 saturated carbocycles. The third kappa shape index (κ3) is 3.04. The van der Waals surface area contributed by atoms with Gasteiger partial charge in [-0.15, -0.1) is 0 Å². The highest BCUT2D eigenvalue weighted by atomic mass is 35.5. The Labute approximate surface area is 159 Å². The number of aromatic nitrogens is 1. The lowest BCUT2D eigenvalue weighted by molar-refractivity contribution is 0.0980. The Balaban J connectivity index is 2.04. The number of halogens is 4. The van der Waals surface area contributed by atoms with Crippen LogP contribution in [0, 0.1) is 0 Å². The van der Waals surface area contributed by atoms with E-state index >= 15 is 0 Å². The van der Waals surface area contributed by atoms with Crippen molar-refractivity contribution >= 4 is 58.0 Å². The van der Waals surface area contributed by atoms with Gasteiger partial charge in [0.05, 0.1) is 22.2 Å². The Hall–Kier alpha value is -1.20. The van der Waals surface area contributed by atoms with Crippen LogP contribution in [0.4, 0.5) is 5.69 Å². The van der Waals surface area contributed by atoms with E-state index < -0.39 is 0 Å². The molecule has 2 heterocycles. The van der Waals surface area contributed by atoms with Crippen LogP contribution in [0.2, 0.25) is 20.2 Å². The van der Waals surface area contributed by atoms with Gasteiger partial charge in [0.2, 0.25) is 0 Å². The van der Waals surface area contributed by atoms with E-state index in [1.807, 2.05) is 12.1 Å². The van der Waals surface area contributed by atoms with Gasteiger partial charge in [0.15, 0.2) is 5.69 Å². The fourth-order valence-corrected chi connectivity index (χ4v) is 3.48. The first kappa shape index (κ1) is 17.6. The SMILES string of the molecule is COc1ccc2c(c1)CCCN2C(=O)c1nc(Cl)c(Cl)c(Cl)c1Cl. The van der Waals surface area contributed by atoms with Crippen molar-refractivity contribution < 1.29 is 9.53 Å². The number of hydrogen-bond acceptors (Lipinski definition) is 3. The van der Waals surface area contributed by atoms with Crippen molar-refractivity contribution in [3.63, 3.8) is 0 Å². The zero-order valence-corrected chi connectivity index (χ0v) is 15.6. The molecule has 1 aliphatic rings. The largest absolute Gasteiger partial charge is 0.497 e. The smallest absolute Gasteiger partial charge is 0.278 e. The second-order valence-electron chi connectivity index (χ2n) is 5.25. The van der Waals surface area contributed by atoms with E-state index in [9.17, 15) is 4.79 Å². The van der Waals surface area contributed by atoms with E-state index in [1.165, 1.54) is 0 Å². The zero-order valence-electron chi connectivity index (χ0n) is 12.6. The number of amides is 1. The van der Waals surface area contributed by atoms with Crippen molar-refractivity contribution in [3.05, 3.63) is 49.7 Å². The van der Waals surface area contributed by atoms with Gasteiger partial charge in [-0.25, -0.2) is 4.98 Å². The number of benzene rings is 1. The monoisotopic (exact) mass is 404 g/mol. The minimum absolute atomic E-state index is 0.00305. The summed E-state index contributed by atoms with van der Waals surface area (Å²) in [4.78, 5) is 18.6. The molecule has 1 aliphatic heterocycles. The quantitative estimate of drug-likeness (QED) is 0.637. The third-order valence-electron chi connectivity index (χ3n) is 3.84. The lowest BCUT2D eigenvalue weighted by Crippen LogP contribution is -2.36. The summed E-state index contributed by atoms with van der Waals surface area (Å²) in [6.07, 6.45) is 1.68. The predicted octanol–water partition coefficient (Wildman–Crippen LogP) is 5.30. The lowest BCUT2D eigenvalue weighted by Gasteiger charge is -2.29. The van der Waals surface area contributed by atoms with Gasteiger partial charge < -0.3 is 9.64 Å². The molecule has 3 rings (SSSR count). The number of anilines is 1. The number of methoxy groups -OCH3 is 1. The summed E-state index contributed by atoms with van der Waals surface area (Å²) in [5.74, 6) is 0.378. The average Bonchev–Trinajstić information content (AvgIpc) is 2.61. The van der Waals surface area contributed by atoms with Gasteiger partial charge in [0, 0.05) is 12.2 Å². The Morgan fingerprint density at radius 1 is 1.17 bits per heavy atom. The molecular formula is C16H12Cl4N2O2. The molecule has 4 nitrogen and oxygen atoms in total. The molecule has 126 valence electrons. The van der Waals surface area contributed by atoms with Gasteiger partial charge in [-0.1, -0.05) is 46.4 Å². The number of ether oxygens (including phenoxy) is 1. The molecule has 2 aromatic rings. The van der Waals surface area contributed by atoms with Crippen molar-refractivity contribution in [2.45, 2.75) is 12.8 Å². The maximum absolute atomic E-state index is 12.9. The summed E-state index contributed by atoms with van der Waals surface area (Å²) in [6, 6.07) is 5.57. The molecule has 0 aliphatic carbocycles. The zero-order chi connectivity index (χ0) is 17.4. The Bertz CT molecular complexity index is 826. The van der Waals surface area contributed by atoms with Crippen molar-refractivity contribution in [1.29, 1.82) is 0 Å². The molecule has 0 saturated heterocycles. The molecule has 0 unspecified atom stereocenters. The number of carbonyl (C=O) groups is 1. The van der Waals surface area contributed by atoms with Gasteiger partial charge in [-0.05, 0) is 36.6 Å².